The molecule has 4 rings (SSSR count). The highest BCUT2D eigenvalue weighted by molar-refractivity contribution is 5.91. The van der Waals surface area contributed by atoms with E-state index < -0.39 is 5.97 Å². The van der Waals surface area contributed by atoms with Crippen LogP contribution in [0.25, 0.3) is 22.5 Å². The lowest BCUT2D eigenvalue weighted by Crippen LogP contribution is -2.09. The van der Waals surface area contributed by atoms with E-state index in [9.17, 15) is 9.90 Å². The Kier molecular flexibility index (Phi) is 2.94. The molecule has 0 amide bonds. The van der Waals surface area contributed by atoms with Gasteiger partial charge < -0.3 is 9.67 Å². The maximum absolute atomic E-state index is 11.5. The molecule has 6 nitrogen and oxygen atoms in total. The van der Waals surface area contributed by atoms with Crippen molar-refractivity contribution < 1.29 is 9.90 Å². The molecule has 0 aliphatic rings. The molecule has 4 aromatic rings. The number of aromatic nitrogens is 4. The Labute approximate surface area is 131 Å². The van der Waals surface area contributed by atoms with Crippen molar-refractivity contribution in [2.24, 2.45) is 0 Å². The molecule has 3 aromatic heterocycles. The highest BCUT2D eigenvalue weighted by Gasteiger charge is 2.19. The summed E-state index contributed by atoms with van der Waals surface area (Å²) >= 11 is 0. The van der Waals surface area contributed by atoms with Gasteiger partial charge in [-0.05, 0) is 30.3 Å². The van der Waals surface area contributed by atoms with E-state index in [2.05, 4.69) is 10.1 Å². The lowest BCUT2D eigenvalue weighted by Gasteiger charge is -2.09. The van der Waals surface area contributed by atoms with Crippen LogP contribution in [-0.4, -0.2) is 30.4 Å². The number of carboxylic acid groups (broad SMARTS) is 1. The molecule has 0 radical (unpaired) electrons. The number of rotatable bonds is 3. The third-order valence-corrected chi connectivity index (χ3v) is 3.62. The van der Waals surface area contributed by atoms with Gasteiger partial charge in [0.15, 0.2) is 11.6 Å². The molecule has 1 aromatic carbocycles. The number of para-hydroxylation sites is 1. The lowest BCUT2D eigenvalue weighted by molar-refractivity contribution is 0.0697. The SMILES string of the molecule is O=C(O)c1cnn(-c2ccc3ccccc3n2)c1-n1cccc1. The summed E-state index contributed by atoms with van der Waals surface area (Å²) in [6, 6.07) is 15.2. The second-order valence-corrected chi connectivity index (χ2v) is 5.05. The van der Waals surface area contributed by atoms with Crippen LogP contribution >= 0.6 is 0 Å². The van der Waals surface area contributed by atoms with Crippen LogP contribution in [0, 0.1) is 0 Å². The number of nitrogens with zero attached hydrogens (tertiary/aromatic N) is 4. The predicted molar refractivity (Wildman–Crippen MR) is 85.2 cm³/mol. The average molecular weight is 304 g/mol. The first-order chi connectivity index (χ1) is 11.2. The second-order valence-electron chi connectivity index (χ2n) is 5.05. The van der Waals surface area contributed by atoms with Crippen LogP contribution in [0.5, 0.6) is 0 Å². The molecule has 0 aliphatic heterocycles. The van der Waals surface area contributed by atoms with Gasteiger partial charge >= 0.3 is 5.97 Å². The molecule has 112 valence electrons. The van der Waals surface area contributed by atoms with E-state index in [4.69, 9.17) is 0 Å². The molecule has 0 spiro atoms. The van der Waals surface area contributed by atoms with Gasteiger partial charge in [0, 0.05) is 17.8 Å². The Morgan fingerprint density at radius 2 is 1.78 bits per heavy atom. The van der Waals surface area contributed by atoms with E-state index >= 15 is 0 Å². The summed E-state index contributed by atoms with van der Waals surface area (Å²) in [4.78, 5) is 16.1. The smallest absolute Gasteiger partial charge is 0.341 e. The molecular weight excluding hydrogens is 292 g/mol. The van der Waals surface area contributed by atoms with Crippen molar-refractivity contribution in [2.45, 2.75) is 0 Å². The fraction of sp³-hybridized carbons (Fsp3) is 0. The van der Waals surface area contributed by atoms with Crippen LogP contribution in [0.4, 0.5) is 0 Å². The molecule has 1 N–H and O–H groups in total. The summed E-state index contributed by atoms with van der Waals surface area (Å²) in [5.41, 5.74) is 0.951. The average Bonchev–Trinajstić information content (AvgIpc) is 3.23. The normalized spacial score (nSPS) is 11.0. The van der Waals surface area contributed by atoms with Crippen molar-refractivity contribution in [1.29, 1.82) is 0 Å². The zero-order valence-corrected chi connectivity index (χ0v) is 12.0. The Hall–Kier alpha value is -3.41. The highest BCUT2D eigenvalue weighted by atomic mass is 16.4. The first-order valence-corrected chi connectivity index (χ1v) is 7.05. The third kappa shape index (κ3) is 2.17. The number of carbonyl (C=O) groups is 1. The number of hydrogen-bond acceptors (Lipinski definition) is 3. The van der Waals surface area contributed by atoms with Gasteiger partial charge in [-0.25, -0.2) is 9.78 Å². The fourth-order valence-electron chi connectivity index (χ4n) is 2.56. The zero-order chi connectivity index (χ0) is 15.8. The molecule has 0 saturated heterocycles. The first-order valence-electron chi connectivity index (χ1n) is 7.05. The van der Waals surface area contributed by atoms with Crippen LogP contribution in [0.3, 0.4) is 0 Å². The van der Waals surface area contributed by atoms with Crippen molar-refractivity contribution in [3.63, 3.8) is 0 Å². The van der Waals surface area contributed by atoms with Crippen molar-refractivity contribution in [3.8, 4) is 11.6 Å². The maximum atomic E-state index is 11.5. The molecule has 0 atom stereocenters. The van der Waals surface area contributed by atoms with Crippen molar-refractivity contribution in [3.05, 3.63) is 72.7 Å². The van der Waals surface area contributed by atoms with Crippen LogP contribution in [0.2, 0.25) is 0 Å². The minimum atomic E-state index is -1.03. The van der Waals surface area contributed by atoms with E-state index in [-0.39, 0.29) is 5.56 Å². The van der Waals surface area contributed by atoms with Gasteiger partial charge in [-0.3, -0.25) is 0 Å². The van der Waals surface area contributed by atoms with Crippen LogP contribution in [0.1, 0.15) is 10.4 Å². The quantitative estimate of drug-likeness (QED) is 0.631. The largest absolute Gasteiger partial charge is 0.477 e. The van der Waals surface area contributed by atoms with Gasteiger partial charge in [0.2, 0.25) is 0 Å². The summed E-state index contributed by atoms with van der Waals surface area (Å²) in [7, 11) is 0. The minimum absolute atomic E-state index is 0.121. The number of pyridine rings is 1. The fourth-order valence-corrected chi connectivity index (χ4v) is 2.56. The molecule has 23 heavy (non-hydrogen) atoms. The molecule has 0 fully saturated rings. The predicted octanol–water partition coefficient (Wildman–Crippen LogP) is 2.91. The van der Waals surface area contributed by atoms with Gasteiger partial charge in [0.25, 0.3) is 0 Å². The first kappa shape index (κ1) is 13.3. The van der Waals surface area contributed by atoms with E-state index in [1.54, 1.807) is 17.0 Å². The van der Waals surface area contributed by atoms with Gasteiger partial charge in [-0.15, -0.1) is 0 Å². The van der Waals surface area contributed by atoms with E-state index in [0.717, 1.165) is 10.9 Å². The Balaban J connectivity index is 1.96. The topological polar surface area (TPSA) is 72.9 Å². The van der Waals surface area contributed by atoms with Gasteiger partial charge in [0.1, 0.15) is 5.56 Å². The van der Waals surface area contributed by atoms with E-state index in [1.807, 2.05) is 48.5 Å². The highest BCUT2D eigenvalue weighted by Crippen LogP contribution is 2.20. The molecule has 0 unspecified atom stereocenters. The molecule has 0 aliphatic carbocycles. The number of hydrogen-bond donors (Lipinski definition) is 1. The van der Waals surface area contributed by atoms with Gasteiger partial charge in [-0.2, -0.15) is 9.78 Å². The number of benzene rings is 1. The summed E-state index contributed by atoms with van der Waals surface area (Å²) in [5, 5.41) is 14.7. The van der Waals surface area contributed by atoms with Crippen LogP contribution in [0.15, 0.2) is 67.1 Å². The summed E-state index contributed by atoms with van der Waals surface area (Å²) in [6.45, 7) is 0. The van der Waals surface area contributed by atoms with E-state index in [1.165, 1.54) is 10.9 Å². The zero-order valence-electron chi connectivity index (χ0n) is 12.0. The number of aromatic carboxylic acids is 1. The molecule has 3 heterocycles. The summed E-state index contributed by atoms with van der Waals surface area (Å²) in [6.07, 6.45) is 4.90. The Morgan fingerprint density at radius 3 is 2.57 bits per heavy atom. The molecular formula is C17H12N4O2. The van der Waals surface area contributed by atoms with Gasteiger partial charge in [0.05, 0.1) is 11.7 Å². The number of carboxylic acids is 1. The molecule has 0 bridgehead atoms. The summed E-state index contributed by atoms with van der Waals surface area (Å²) < 4.78 is 3.25. The van der Waals surface area contributed by atoms with Crippen molar-refractivity contribution in [1.82, 2.24) is 19.3 Å². The minimum Gasteiger partial charge on any atom is -0.477 e. The Bertz CT molecular complexity index is 1000. The Morgan fingerprint density at radius 1 is 1.00 bits per heavy atom. The molecule has 0 saturated carbocycles. The standard InChI is InChI=1S/C17H12N4O2/c22-17(23)13-11-18-21(16(13)20-9-3-4-10-20)15-8-7-12-5-1-2-6-14(12)19-15/h1-11H,(H,22,23). The lowest BCUT2D eigenvalue weighted by atomic mass is 10.2. The van der Waals surface area contributed by atoms with Crippen molar-refractivity contribution >= 4 is 16.9 Å². The molecule has 6 heteroatoms. The summed E-state index contributed by atoms with van der Waals surface area (Å²) in [5.74, 6) is -0.00841. The number of fused-ring (bicyclic) bond motifs is 1. The van der Waals surface area contributed by atoms with Crippen LogP contribution < -0.4 is 0 Å². The van der Waals surface area contributed by atoms with Crippen molar-refractivity contribution in [2.75, 3.05) is 0 Å². The van der Waals surface area contributed by atoms with Gasteiger partial charge in [-0.1, -0.05) is 18.2 Å². The monoisotopic (exact) mass is 304 g/mol. The third-order valence-electron chi connectivity index (χ3n) is 3.62. The second kappa shape index (κ2) is 5.10. The van der Waals surface area contributed by atoms with E-state index in [0.29, 0.717) is 11.6 Å². The maximum Gasteiger partial charge on any atom is 0.341 e. The van der Waals surface area contributed by atoms with Crippen LogP contribution in [-0.2, 0) is 0 Å².